The van der Waals surface area contributed by atoms with Crippen LogP contribution in [0.1, 0.15) is 12.6 Å². The Hall–Kier alpha value is 0.230. The molecular weight excluding hydrogens is 262 g/mol. The van der Waals surface area contributed by atoms with E-state index in [1.165, 1.54) is 0 Å². The molecule has 1 aromatic heterocycles. The lowest BCUT2D eigenvalue weighted by molar-refractivity contribution is 0.637. The number of aromatic nitrogens is 2. The maximum Gasteiger partial charge on any atom is 0.0992 e. The second-order valence-corrected chi connectivity index (χ2v) is 3.28. The molecule has 0 aromatic carbocycles. The van der Waals surface area contributed by atoms with E-state index in [-0.39, 0.29) is 0 Å². The maximum absolute atomic E-state index is 5.59. The average Bonchev–Trinajstić information content (AvgIpc) is 2.30. The fraction of sp³-hybridized carbons (Fsp3) is 0.500. The third-order valence-corrected chi connectivity index (χ3v) is 2.36. The summed E-state index contributed by atoms with van der Waals surface area (Å²) in [4.78, 5) is 0. The molecule has 4 heteroatoms. The van der Waals surface area contributed by atoms with Crippen molar-refractivity contribution < 1.29 is 0 Å². The standard InChI is InChI=1S/C6H8ClIN2/c1-2-10-6(8)3-5(4-7)9-10/h3H,2,4H2,1H3. The predicted molar refractivity (Wildman–Crippen MR) is 50.2 cm³/mol. The van der Waals surface area contributed by atoms with Gasteiger partial charge in [-0.1, -0.05) is 0 Å². The minimum Gasteiger partial charge on any atom is -0.259 e. The molecule has 0 bridgehead atoms. The molecule has 0 unspecified atom stereocenters. The zero-order valence-electron chi connectivity index (χ0n) is 5.64. The van der Waals surface area contributed by atoms with E-state index in [4.69, 9.17) is 11.6 Å². The molecule has 1 heterocycles. The summed E-state index contributed by atoms with van der Waals surface area (Å²) in [6, 6.07) is 2.00. The van der Waals surface area contributed by atoms with Crippen molar-refractivity contribution in [3.05, 3.63) is 15.5 Å². The first-order valence-electron chi connectivity index (χ1n) is 3.06. The van der Waals surface area contributed by atoms with Crippen LogP contribution in [0, 0.1) is 3.70 Å². The molecule has 56 valence electrons. The van der Waals surface area contributed by atoms with Crippen LogP contribution in [-0.4, -0.2) is 9.78 Å². The number of alkyl halides is 1. The van der Waals surface area contributed by atoms with Gasteiger partial charge in [0.2, 0.25) is 0 Å². The summed E-state index contributed by atoms with van der Waals surface area (Å²) in [6.07, 6.45) is 0. The molecule has 2 nitrogen and oxygen atoms in total. The average molecular weight is 271 g/mol. The largest absolute Gasteiger partial charge is 0.259 e. The van der Waals surface area contributed by atoms with Gasteiger partial charge >= 0.3 is 0 Å². The molecule has 0 aliphatic rings. The highest BCUT2D eigenvalue weighted by molar-refractivity contribution is 14.1. The fourth-order valence-corrected chi connectivity index (χ4v) is 1.67. The minimum absolute atomic E-state index is 0.503. The van der Waals surface area contributed by atoms with E-state index >= 15 is 0 Å². The summed E-state index contributed by atoms with van der Waals surface area (Å²) in [5.74, 6) is 0.503. The predicted octanol–water partition coefficient (Wildman–Crippen LogP) is 2.25. The molecule has 0 saturated carbocycles. The van der Waals surface area contributed by atoms with Gasteiger partial charge in [-0.2, -0.15) is 5.10 Å². The summed E-state index contributed by atoms with van der Waals surface area (Å²) < 4.78 is 3.08. The molecule has 0 saturated heterocycles. The Morgan fingerprint density at radius 3 is 2.80 bits per heavy atom. The van der Waals surface area contributed by atoms with Crippen molar-refractivity contribution in [1.82, 2.24) is 9.78 Å². The topological polar surface area (TPSA) is 17.8 Å². The first kappa shape index (κ1) is 8.33. The Morgan fingerprint density at radius 1 is 1.80 bits per heavy atom. The van der Waals surface area contributed by atoms with Crippen molar-refractivity contribution in [3.8, 4) is 0 Å². The van der Waals surface area contributed by atoms with Crippen LogP contribution in [0.2, 0.25) is 0 Å². The fourth-order valence-electron chi connectivity index (χ4n) is 0.731. The van der Waals surface area contributed by atoms with Gasteiger partial charge in [0, 0.05) is 6.54 Å². The molecule has 0 fully saturated rings. The van der Waals surface area contributed by atoms with Crippen molar-refractivity contribution in [2.75, 3.05) is 0 Å². The minimum atomic E-state index is 0.503. The molecule has 0 aliphatic heterocycles. The van der Waals surface area contributed by atoms with Gasteiger partial charge in [-0.05, 0) is 35.6 Å². The number of hydrogen-bond donors (Lipinski definition) is 0. The van der Waals surface area contributed by atoms with E-state index in [1.807, 2.05) is 10.7 Å². The lowest BCUT2D eigenvalue weighted by atomic mass is 10.5. The molecule has 10 heavy (non-hydrogen) atoms. The zero-order valence-corrected chi connectivity index (χ0v) is 8.56. The third kappa shape index (κ3) is 1.63. The van der Waals surface area contributed by atoms with E-state index in [2.05, 4.69) is 34.6 Å². The summed E-state index contributed by atoms with van der Waals surface area (Å²) >= 11 is 7.84. The van der Waals surface area contributed by atoms with Crippen molar-refractivity contribution in [2.45, 2.75) is 19.3 Å². The number of aryl methyl sites for hydroxylation is 1. The molecule has 0 N–H and O–H groups in total. The van der Waals surface area contributed by atoms with E-state index in [9.17, 15) is 0 Å². The van der Waals surface area contributed by atoms with Crippen molar-refractivity contribution >= 4 is 34.2 Å². The maximum atomic E-state index is 5.59. The lowest BCUT2D eigenvalue weighted by Gasteiger charge is -1.94. The molecule has 0 atom stereocenters. The van der Waals surface area contributed by atoms with E-state index < -0.39 is 0 Å². The Balaban J connectivity index is 2.92. The second-order valence-electron chi connectivity index (χ2n) is 1.91. The van der Waals surface area contributed by atoms with Crippen LogP contribution in [0.3, 0.4) is 0 Å². The van der Waals surface area contributed by atoms with Crippen LogP contribution in [0.25, 0.3) is 0 Å². The van der Waals surface area contributed by atoms with Crippen molar-refractivity contribution in [3.63, 3.8) is 0 Å². The SMILES string of the molecule is CCn1nc(CCl)cc1I. The van der Waals surface area contributed by atoms with Gasteiger partial charge in [0.25, 0.3) is 0 Å². The highest BCUT2D eigenvalue weighted by atomic mass is 127. The molecule has 0 aliphatic carbocycles. The van der Waals surface area contributed by atoms with Crippen LogP contribution in [0.4, 0.5) is 0 Å². The summed E-state index contributed by atoms with van der Waals surface area (Å²) in [5, 5.41) is 4.22. The summed E-state index contributed by atoms with van der Waals surface area (Å²) in [6.45, 7) is 2.97. The van der Waals surface area contributed by atoms with Gasteiger partial charge in [0.15, 0.2) is 0 Å². The first-order valence-corrected chi connectivity index (χ1v) is 4.67. The van der Waals surface area contributed by atoms with Gasteiger partial charge in [0.1, 0.15) is 0 Å². The van der Waals surface area contributed by atoms with Gasteiger partial charge in [-0.25, -0.2) is 0 Å². The van der Waals surface area contributed by atoms with E-state index in [1.54, 1.807) is 0 Å². The van der Waals surface area contributed by atoms with Gasteiger partial charge in [-0.3, -0.25) is 4.68 Å². The van der Waals surface area contributed by atoms with E-state index in [0.29, 0.717) is 5.88 Å². The Bertz CT molecular complexity index is 222. The van der Waals surface area contributed by atoms with Crippen LogP contribution in [-0.2, 0) is 12.4 Å². The lowest BCUT2D eigenvalue weighted by Crippen LogP contribution is -1.98. The quantitative estimate of drug-likeness (QED) is 0.595. The molecule has 0 spiro atoms. The molecule has 1 rings (SSSR count). The number of hydrogen-bond acceptors (Lipinski definition) is 1. The number of rotatable bonds is 2. The van der Waals surface area contributed by atoms with Gasteiger partial charge < -0.3 is 0 Å². The number of nitrogens with zero attached hydrogens (tertiary/aromatic N) is 2. The zero-order chi connectivity index (χ0) is 7.56. The van der Waals surface area contributed by atoms with Gasteiger partial charge in [0.05, 0.1) is 15.3 Å². The smallest absolute Gasteiger partial charge is 0.0992 e. The monoisotopic (exact) mass is 270 g/mol. The molecular formula is C6H8ClIN2. The van der Waals surface area contributed by atoms with Gasteiger partial charge in [-0.15, -0.1) is 11.6 Å². The summed E-state index contributed by atoms with van der Waals surface area (Å²) in [7, 11) is 0. The molecule has 0 radical (unpaired) electrons. The van der Waals surface area contributed by atoms with Crippen LogP contribution >= 0.6 is 34.2 Å². The Morgan fingerprint density at radius 2 is 2.50 bits per heavy atom. The normalized spacial score (nSPS) is 10.3. The Labute approximate surface area is 78.7 Å². The molecule has 0 amide bonds. The first-order chi connectivity index (χ1) is 4.77. The Kier molecular flexibility index (Phi) is 2.97. The summed E-state index contributed by atoms with van der Waals surface area (Å²) in [5.41, 5.74) is 0.952. The second kappa shape index (κ2) is 3.57. The van der Waals surface area contributed by atoms with Crippen LogP contribution in [0.5, 0.6) is 0 Å². The van der Waals surface area contributed by atoms with E-state index in [0.717, 1.165) is 15.9 Å². The third-order valence-electron chi connectivity index (χ3n) is 1.22. The van der Waals surface area contributed by atoms with Crippen molar-refractivity contribution in [2.24, 2.45) is 0 Å². The highest BCUT2D eigenvalue weighted by Crippen LogP contribution is 2.08. The molecule has 1 aromatic rings. The number of halogens is 2. The van der Waals surface area contributed by atoms with Crippen molar-refractivity contribution in [1.29, 1.82) is 0 Å². The highest BCUT2D eigenvalue weighted by Gasteiger charge is 2.00. The van der Waals surface area contributed by atoms with Crippen LogP contribution in [0.15, 0.2) is 6.07 Å². The van der Waals surface area contributed by atoms with Crippen LogP contribution < -0.4 is 0 Å².